The molecule has 0 bridgehead atoms. The van der Waals surface area contributed by atoms with E-state index in [0.717, 1.165) is 29.8 Å². The molecule has 1 fully saturated rings. The minimum absolute atomic E-state index is 0.00314. The number of aryl methyl sites for hydroxylation is 2. The summed E-state index contributed by atoms with van der Waals surface area (Å²) in [6.45, 7) is 5.46. The summed E-state index contributed by atoms with van der Waals surface area (Å²) in [5.74, 6) is 4.06. The summed E-state index contributed by atoms with van der Waals surface area (Å²) in [6, 6.07) is 4.03. The Hall–Kier alpha value is -2.11. The van der Waals surface area contributed by atoms with Gasteiger partial charge in [-0.05, 0) is 31.4 Å². The monoisotopic (exact) mass is 302 g/mol. The molecule has 0 saturated heterocycles. The Morgan fingerprint density at radius 2 is 2.32 bits per heavy atom. The Kier molecular flexibility index (Phi) is 4.27. The summed E-state index contributed by atoms with van der Waals surface area (Å²) >= 11 is 0. The van der Waals surface area contributed by atoms with Gasteiger partial charge in [-0.2, -0.15) is 0 Å². The van der Waals surface area contributed by atoms with Crippen LogP contribution < -0.4 is 5.32 Å². The van der Waals surface area contributed by atoms with Crippen molar-refractivity contribution in [1.82, 2.24) is 20.1 Å². The maximum absolute atomic E-state index is 11.9. The number of amides is 1. The van der Waals surface area contributed by atoms with Gasteiger partial charge >= 0.3 is 0 Å². The second kappa shape index (κ2) is 6.34. The molecule has 1 saturated carbocycles. The van der Waals surface area contributed by atoms with Crippen LogP contribution in [0.4, 0.5) is 0 Å². The quantitative estimate of drug-likeness (QED) is 0.851. The molecule has 1 aliphatic carbocycles. The predicted molar refractivity (Wildman–Crippen MR) is 81.1 cm³/mol. The number of hydrogen-bond acceptors (Lipinski definition) is 4. The van der Waals surface area contributed by atoms with Gasteiger partial charge in [-0.1, -0.05) is 6.92 Å². The fourth-order valence-electron chi connectivity index (χ4n) is 2.63. The minimum Gasteiger partial charge on any atom is -0.466 e. The van der Waals surface area contributed by atoms with Crippen LogP contribution in [0.3, 0.4) is 0 Å². The maximum atomic E-state index is 11.9. The first kappa shape index (κ1) is 14.8. The molecule has 1 aliphatic rings. The van der Waals surface area contributed by atoms with E-state index >= 15 is 0 Å². The van der Waals surface area contributed by atoms with Crippen molar-refractivity contribution >= 4 is 5.91 Å². The summed E-state index contributed by atoms with van der Waals surface area (Å²) in [4.78, 5) is 11.9. The molecule has 0 spiro atoms. The first-order valence-corrected chi connectivity index (χ1v) is 7.89. The van der Waals surface area contributed by atoms with Crippen LogP contribution in [0.5, 0.6) is 0 Å². The highest BCUT2D eigenvalue weighted by Crippen LogP contribution is 2.47. The van der Waals surface area contributed by atoms with E-state index in [1.54, 1.807) is 6.33 Å². The average Bonchev–Trinajstić information content (AvgIpc) is 2.97. The third kappa shape index (κ3) is 3.37. The molecular formula is C16H22N4O2. The first-order chi connectivity index (χ1) is 10.7. The van der Waals surface area contributed by atoms with Gasteiger partial charge in [0.1, 0.15) is 17.8 Å². The zero-order valence-corrected chi connectivity index (χ0v) is 13.1. The lowest BCUT2D eigenvalue weighted by atomic mass is 10.2. The van der Waals surface area contributed by atoms with Gasteiger partial charge in [0, 0.05) is 25.3 Å². The number of furan rings is 1. The third-order valence-corrected chi connectivity index (χ3v) is 4.24. The summed E-state index contributed by atoms with van der Waals surface area (Å²) in [7, 11) is 0. The fraction of sp³-hybridized carbons (Fsp3) is 0.562. The lowest BCUT2D eigenvalue weighted by Gasteiger charge is -2.05. The Morgan fingerprint density at radius 1 is 1.50 bits per heavy atom. The van der Waals surface area contributed by atoms with Crippen LogP contribution in [-0.2, 0) is 24.3 Å². The van der Waals surface area contributed by atoms with E-state index in [0.29, 0.717) is 25.3 Å². The van der Waals surface area contributed by atoms with Gasteiger partial charge in [0.2, 0.25) is 5.91 Å². The average molecular weight is 302 g/mol. The number of carbonyl (C=O) groups is 1. The molecule has 2 aromatic rings. The fourth-order valence-corrected chi connectivity index (χ4v) is 2.63. The molecule has 0 aromatic carbocycles. The standard InChI is InChI=1S/C16H22N4O2/c1-3-20-10-18-19-15(20)9-17-16(21)7-5-12-4-6-14(22-12)13-8-11(13)2/h4,6,10-11,13H,3,5,7-9H2,1-2H3,(H,17,21). The molecular weight excluding hydrogens is 280 g/mol. The van der Waals surface area contributed by atoms with Crippen molar-refractivity contribution < 1.29 is 9.21 Å². The Balaban J connectivity index is 1.43. The molecule has 118 valence electrons. The van der Waals surface area contributed by atoms with E-state index in [1.807, 2.05) is 23.6 Å². The summed E-state index contributed by atoms with van der Waals surface area (Å²) in [6.07, 6.45) is 3.94. The molecule has 0 aliphatic heterocycles. The molecule has 2 unspecified atom stereocenters. The summed E-state index contributed by atoms with van der Waals surface area (Å²) in [5, 5.41) is 10.7. The number of rotatable bonds is 7. The van der Waals surface area contributed by atoms with Crippen LogP contribution >= 0.6 is 0 Å². The van der Waals surface area contributed by atoms with E-state index < -0.39 is 0 Å². The minimum atomic E-state index is 0.00314. The van der Waals surface area contributed by atoms with E-state index in [2.05, 4.69) is 22.4 Å². The van der Waals surface area contributed by atoms with Crippen molar-refractivity contribution in [3.63, 3.8) is 0 Å². The molecule has 6 nitrogen and oxygen atoms in total. The normalized spacial score (nSPS) is 20.1. The van der Waals surface area contributed by atoms with Crippen molar-refractivity contribution in [2.24, 2.45) is 5.92 Å². The van der Waals surface area contributed by atoms with E-state index in [4.69, 9.17) is 4.42 Å². The van der Waals surface area contributed by atoms with Crippen molar-refractivity contribution in [3.8, 4) is 0 Å². The largest absolute Gasteiger partial charge is 0.466 e. The Morgan fingerprint density at radius 3 is 3.05 bits per heavy atom. The highest BCUT2D eigenvalue weighted by Gasteiger charge is 2.36. The van der Waals surface area contributed by atoms with Crippen LogP contribution in [0.25, 0.3) is 0 Å². The smallest absolute Gasteiger partial charge is 0.220 e. The molecule has 2 atom stereocenters. The SMILES string of the molecule is CCn1cnnc1CNC(=O)CCc1ccc(C2CC2C)o1. The van der Waals surface area contributed by atoms with Crippen molar-refractivity contribution in [2.45, 2.75) is 52.1 Å². The predicted octanol–water partition coefficient (Wildman–Crippen LogP) is 2.26. The zero-order chi connectivity index (χ0) is 15.5. The highest BCUT2D eigenvalue weighted by atomic mass is 16.3. The number of hydrogen-bond donors (Lipinski definition) is 1. The van der Waals surface area contributed by atoms with Crippen molar-refractivity contribution in [1.29, 1.82) is 0 Å². The van der Waals surface area contributed by atoms with Gasteiger partial charge in [-0.3, -0.25) is 4.79 Å². The molecule has 0 radical (unpaired) electrons. The lowest BCUT2D eigenvalue weighted by molar-refractivity contribution is -0.121. The first-order valence-electron chi connectivity index (χ1n) is 7.89. The third-order valence-electron chi connectivity index (χ3n) is 4.24. The van der Waals surface area contributed by atoms with E-state index in [9.17, 15) is 4.79 Å². The number of aromatic nitrogens is 3. The van der Waals surface area contributed by atoms with Crippen molar-refractivity contribution in [3.05, 3.63) is 35.8 Å². The van der Waals surface area contributed by atoms with Gasteiger partial charge in [-0.15, -0.1) is 10.2 Å². The molecule has 22 heavy (non-hydrogen) atoms. The van der Waals surface area contributed by atoms with Crippen LogP contribution in [-0.4, -0.2) is 20.7 Å². The summed E-state index contributed by atoms with van der Waals surface area (Å²) in [5.41, 5.74) is 0. The molecule has 3 rings (SSSR count). The second-order valence-corrected chi connectivity index (χ2v) is 5.93. The number of nitrogens with zero attached hydrogens (tertiary/aromatic N) is 3. The zero-order valence-electron chi connectivity index (χ0n) is 13.1. The molecule has 1 N–H and O–H groups in total. The van der Waals surface area contributed by atoms with E-state index in [-0.39, 0.29) is 5.91 Å². The van der Waals surface area contributed by atoms with Crippen molar-refractivity contribution in [2.75, 3.05) is 0 Å². The number of carbonyl (C=O) groups excluding carboxylic acids is 1. The number of nitrogens with one attached hydrogen (secondary N) is 1. The van der Waals surface area contributed by atoms with Crippen LogP contribution in [0.2, 0.25) is 0 Å². The van der Waals surface area contributed by atoms with Crippen LogP contribution in [0, 0.1) is 5.92 Å². The molecule has 2 aromatic heterocycles. The topological polar surface area (TPSA) is 73.0 Å². The van der Waals surface area contributed by atoms with Gasteiger partial charge < -0.3 is 14.3 Å². The maximum Gasteiger partial charge on any atom is 0.220 e. The lowest BCUT2D eigenvalue weighted by Crippen LogP contribution is -2.24. The highest BCUT2D eigenvalue weighted by molar-refractivity contribution is 5.75. The van der Waals surface area contributed by atoms with E-state index in [1.165, 1.54) is 6.42 Å². The van der Waals surface area contributed by atoms with Crippen LogP contribution in [0.1, 0.15) is 50.0 Å². The molecule has 6 heteroatoms. The van der Waals surface area contributed by atoms with Gasteiger partial charge in [-0.25, -0.2) is 0 Å². The summed E-state index contributed by atoms with van der Waals surface area (Å²) < 4.78 is 7.72. The van der Waals surface area contributed by atoms with Gasteiger partial charge in [0.05, 0.1) is 6.54 Å². The van der Waals surface area contributed by atoms with Gasteiger partial charge in [0.25, 0.3) is 0 Å². The van der Waals surface area contributed by atoms with Crippen LogP contribution in [0.15, 0.2) is 22.9 Å². The molecule has 2 heterocycles. The molecule has 1 amide bonds. The Labute approximate surface area is 129 Å². The van der Waals surface area contributed by atoms with Gasteiger partial charge in [0.15, 0.2) is 5.82 Å². The second-order valence-electron chi connectivity index (χ2n) is 5.93. The Bertz CT molecular complexity index is 646.